The molecule has 19 heavy (non-hydrogen) atoms. The lowest BCUT2D eigenvalue weighted by Crippen LogP contribution is -2.35. The van der Waals surface area contributed by atoms with Crippen molar-refractivity contribution in [3.8, 4) is 11.5 Å². The zero-order valence-corrected chi connectivity index (χ0v) is 11.0. The molecular formula is C14H17N3O2. The molecule has 0 radical (unpaired) electrons. The monoisotopic (exact) mass is 259 g/mol. The summed E-state index contributed by atoms with van der Waals surface area (Å²) in [4.78, 5) is 6.73. The van der Waals surface area contributed by atoms with E-state index in [1.54, 1.807) is 0 Å². The van der Waals surface area contributed by atoms with Gasteiger partial charge in [0.15, 0.2) is 5.82 Å². The molecule has 0 amide bonds. The van der Waals surface area contributed by atoms with E-state index >= 15 is 0 Å². The Labute approximate surface area is 112 Å². The summed E-state index contributed by atoms with van der Waals surface area (Å²) in [5.74, 6) is 1.32. The van der Waals surface area contributed by atoms with Gasteiger partial charge in [0.05, 0.1) is 19.8 Å². The molecule has 5 nitrogen and oxygen atoms in total. The van der Waals surface area contributed by atoms with Gasteiger partial charge < -0.3 is 9.26 Å². The minimum Gasteiger partial charge on any atom is -0.379 e. The Morgan fingerprint density at radius 3 is 2.89 bits per heavy atom. The van der Waals surface area contributed by atoms with E-state index in [-0.39, 0.29) is 0 Å². The third-order valence-electron chi connectivity index (χ3n) is 3.20. The number of hydrogen-bond donors (Lipinski definition) is 0. The van der Waals surface area contributed by atoms with Gasteiger partial charge in [-0.3, -0.25) is 4.90 Å². The van der Waals surface area contributed by atoms with E-state index in [1.165, 1.54) is 5.56 Å². The van der Waals surface area contributed by atoms with E-state index in [0.717, 1.165) is 44.2 Å². The van der Waals surface area contributed by atoms with E-state index in [0.29, 0.717) is 5.89 Å². The minimum atomic E-state index is 0.590. The summed E-state index contributed by atoms with van der Waals surface area (Å²) >= 11 is 0. The van der Waals surface area contributed by atoms with Crippen LogP contribution in [0.2, 0.25) is 0 Å². The van der Waals surface area contributed by atoms with Gasteiger partial charge >= 0.3 is 0 Å². The minimum absolute atomic E-state index is 0.590. The van der Waals surface area contributed by atoms with Crippen molar-refractivity contribution >= 4 is 0 Å². The van der Waals surface area contributed by atoms with Crippen molar-refractivity contribution in [3.63, 3.8) is 0 Å². The van der Waals surface area contributed by atoms with Crippen LogP contribution in [0.15, 0.2) is 28.8 Å². The summed E-state index contributed by atoms with van der Waals surface area (Å²) in [5.41, 5.74) is 2.16. The highest BCUT2D eigenvalue weighted by atomic mass is 16.5. The first-order valence-electron chi connectivity index (χ1n) is 6.51. The molecule has 1 fully saturated rings. The zero-order valence-electron chi connectivity index (χ0n) is 11.0. The fourth-order valence-electron chi connectivity index (χ4n) is 2.17. The SMILES string of the molecule is Cc1cccc(-c2nc(CN3CCOCC3)no2)c1. The molecule has 5 heteroatoms. The summed E-state index contributed by atoms with van der Waals surface area (Å²) < 4.78 is 10.6. The van der Waals surface area contributed by atoms with Crippen LogP contribution in [0.1, 0.15) is 11.4 Å². The standard InChI is InChI=1S/C14H17N3O2/c1-11-3-2-4-12(9-11)14-15-13(16-19-14)10-17-5-7-18-8-6-17/h2-4,9H,5-8,10H2,1H3. The molecule has 1 saturated heterocycles. The molecule has 1 aliphatic rings. The molecule has 0 spiro atoms. The number of aromatic nitrogens is 2. The normalized spacial score (nSPS) is 16.7. The maximum absolute atomic E-state index is 5.33. The van der Waals surface area contributed by atoms with Gasteiger partial charge in [0, 0.05) is 18.7 Å². The van der Waals surface area contributed by atoms with Crippen molar-refractivity contribution in [3.05, 3.63) is 35.7 Å². The Balaban J connectivity index is 1.72. The highest BCUT2D eigenvalue weighted by Crippen LogP contribution is 2.18. The fraction of sp³-hybridized carbons (Fsp3) is 0.429. The number of benzene rings is 1. The maximum Gasteiger partial charge on any atom is 0.257 e. The topological polar surface area (TPSA) is 51.4 Å². The lowest BCUT2D eigenvalue weighted by molar-refractivity contribution is 0.0327. The molecule has 0 atom stereocenters. The highest BCUT2D eigenvalue weighted by molar-refractivity contribution is 5.53. The second kappa shape index (κ2) is 5.50. The quantitative estimate of drug-likeness (QED) is 0.842. The highest BCUT2D eigenvalue weighted by Gasteiger charge is 2.15. The van der Waals surface area contributed by atoms with Crippen LogP contribution in [0.4, 0.5) is 0 Å². The summed E-state index contributed by atoms with van der Waals surface area (Å²) in [6.45, 7) is 6.18. The summed E-state index contributed by atoms with van der Waals surface area (Å²) in [6.07, 6.45) is 0. The van der Waals surface area contributed by atoms with Crippen LogP contribution in [0.25, 0.3) is 11.5 Å². The molecule has 0 aliphatic carbocycles. The summed E-state index contributed by atoms with van der Waals surface area (Å²) in [7, 11) is 0. The van der Waals surface area contributed by atoms with Gasteiger partial charge in [0.2, 0.25) is 0 Å². The maximum atomic E-state index is 5.33. The van der Waals surface area contributed by atoms with Gasteiger partial charge in [-0.2, -0.15) is 4.98 Å². The van der Waals surface area contributed by atoms with Crippen molar-refractivity contribution in [1.82, 2.24) is 15.0 Å². The Hall–Kier alpha value is -1.72. The van der Waals surface area contributed by atoms with Gasteiger partial charge in [-0.15, -0.1) is 0 Å². The fourth-order valence-corrected chi connectivity index (χ4v) is 2.17. The number of hydrogen-bond acceptors (Lipinski definition) is 5. The number of nitrogens with zero attached hydrogens (tertiary/aromatic N) is 3. The third kappa shape index (κ3) is 3.00. The van der Waals surface area contributed by atoms with Crippen molar-refractivity contribution in [2.45, 2.75) is 13.5 Å². The van der Waals surface area contributed by atoms with Gasteiger partial charge in [-0.25, -0.2) is 0 Å². The predicted molar refractivity (Wildman–Crippen MR) is 70.6 cm³/mol. The largest absolute Gasteiger partial charge is 0.379 e. The zero-order chi connectivity index (χ0) is 13.1. The average Bonchev–Trinajstić information content (AvgIpc) is 2.88. The van der Waals surface area contributed by atoms with E-state index in [2.05, 4.69) is 28.0 Å². The summed E-state index contributed by atoms with van der Waals surface area (Å²) in [6, 6.07) is 8.08. The number of morpholine rings is 1. The predicted octanol–water partition coefficient (Wildman–Crippen LogP) is 1.88. The van der Waals surface area contributed by atoms with Crippen LogP contribution in [-0.2, 0) is 11.3 Å². The number of aryl methyl sites for hydroxylation is 1. The van der Waals surface area contributed by atoms with Crippen LogP contribution < -0.4 is 0 Å². The van der Waals surface area contributed by atoms with Gasteiger partial charge in [0.25, 0.3) is 5.89 Å². The lowest BCUT2D eigenvalue weighted by atomic mass is 10.1. The molecule has 0 unspecified atom stereocenters. The Bertz CT molecular complexity index is 547. The molecule has 3 rings (SSSR count). The summed E-state index contributed by atoms with van der Waals surface area (Å²) in [5, 5.41) is 4.05. The number of rotatable bonds is 3. The van der Waals surface area contributed by atoms with Crippen molar-refractivity contribution in [2.75, 3.05) is 26.3 Å². The van der Waals surface area contributed by atoms with Crippen LogP contribution in [0, 0.1) is 6.92 Å². The molecule has 1 aliphatic heterocycles. The van der Waals surface area contributed by atoms with E-state index < -0.39 is 0 Å². The Morgan fingerprint density at radius 1 is 1.26 bits per heavy atom. The smallest absolute Gasteiger partial charge is 0.257 e. The van der Waals surface area contributed by atoms with Gasteiger partial charge in [0.1, 0.15) is 0 Å². The van der Waals surface area contributed by atoms with Crippen molar-refractivity contribution < 1.29 is 9.26 Å². The molecule has 2 aromatic rings. The van der Waals surface area contributed by atoms with Crippen LogP contribution >= 0.6 is 0 Å². The molecule has 0 saturated carbocycles. The average molecular weight is 259 g/mol. The Kier molecular flexibility index (Phi) is 3.57. The Morgan fingerprint density at radius 2 is 2.11 bits per heavy atom. The molecule has 2 heterocycles. The van der Waals surface area contributed by atoms with E-state index in [1.807, 2.05) is 18.2 Å². The molecule has 0 bridgehead atoms. The van der Waals surface area contributed by atoms with Crippen LogP contribution in [0.5, 0.6) is 0 Å². The molecule has 0 N–H and O–H groups in total. The van der Waals surface area contributed by atoms with Crippen molar-refractivity contribution in [2.24, 2.45) is 0 Å². The second-order valence-corrected chi connectivity index (χ2v) is 4.77. The third-order valence-corrected chi connectivity index (χ3v) is 3.20. The van der Waals surface area contributed by atoms with E-state index in [4.69, 9.17) is 9.26 Å². The first-order valence-corrected chi connectivity index (χ1v) is 6.51. The lowest BCUT2D eigenvalue weighted by Gasteiger charge is -2.24. The second-order valence-electron chi connectivity index (χ2n) is 4.77. The van der Waals surface area contributed by atoms with Crippen LogP contribution in [0.3, 0.4) is 0 Å². The van der Waals surface area contributed by atoms with Crippen LogP contribution in [-0.4, -0.2) is 41.3 Å². The first-order chi connectivity index (χ1) is 9.31. The van der Waals surface area contributed by atoms with Gasteiger partial charge in [-0.05, 0) is 19.1 Å². The van der Waals surface area contributed by atoms with Gasteiger partial charge in [-0.1, -0.05) is 22.9 Å². The number of ether oxygens (including phenoxy) is 1. The molecule has 1 aromatic carbocycles. The molecule has 100 valence electrons. The molecular weight excluding hydrogens is 242 g/mol. The van der Waals surface area contributed by atoms with Crippen molar-refractivity contribution in [1.29, 1.82) is 0 Å². The van der Waals surface area contributed by atoms with E-state index in [9.17, 15) is 0 Å². The first kappa shape index (κ1) is 12.3. The molecule has 1 aromatic heterocycles.